The highest BCUT2D eigenvalue weighted by Gasteiger charge is 2.11. The summed E-state index contributed by atoms with van der Waals surface area (Å²) in [7, 11) is 0. The van der Waals surface area contributed by atoms with E-state index in [4.69, 9.17) is 4.74 Å². The van der Waals surface area contributed by atoms with Crippen LogP contribution in [0.5, 0.6) is 0 Å². The zero-order chi connectivity index (χ0) is 13.5. The van der Waals surface area contributed by atoms with Gasteiger partial charge in [-0.15, -0.1) is 0 Å². The molecule has 1 aromatic heterocycles. The highest BCUT2D eigenvalue weighted by molar-refractivity contribution is 5.88. The van der Waals surface area contributed by atoms with Gasteiger partial charge < -0.3 is 4.74 Å². The van der Waals surface area contributed by atoms with Crippen molar-refractivity contribution in [1.82, 2.24) is 0 Å². The lowest BCUT2D eigenvalue weighted by molar-refractivity contribution is -0.688. The Morgan fingerprint density at radius 2 is 2.00 bits per heavy atom. The molecule has 2 aromatic rings. The van der Waals surface area contributed by atoms with Crippen LogP contribution in [-0.2, 0) is 11.3 Å². The predicted octanol–water partition coefficient (Wildman–Crippen LogP) is 2.37. The maximum atomic E-state index is 11.7. The second-order valence-electron chi connectivity index (χ2n) is 4.14. The molecule has 0 radical (unpaired) electrons. The van der Waals surface area contributed by atoms with E-state index >= 15 is 0 Å². The van der Waals surface area contributed by atoms with Gasteiger partial charge >= 0.3 is 5.97 Å². The molecule has 0 aliphatic carbocycles. The third kappa shape index (κ3) is 3.78. The number of rotatable bonds is 5. The minimum Gasteiger partial charge on any atom is -0.458 e. The van der Waals surface area contributed by atoms with Gasteiger partial charge in [0, 0.05) is 11.6 Å². The van der Waals surface area contributed by atoms with Crippen molar-refractivity contribution in [2.75, 3.05) is 6.61 Å². The first kappa shape index (κ1) is 13.0. The zero-order valence-corrected chi connectivity index (χ0v) is 10.7. The van der Waals surface area contributed by atoms with E-state index in [9.17, 15) is 4.79 Å². The normalized spacial score (nSPS) is 9.89. The lowest BCUT2D eigenvalue weighted by Crippen LogP contribution is -2.34. The Balaban J connectivity index is 2.11. The Bertz CT molecular complexity index is 564. The van der Waals surface area contributed by atoms with Gasteiger partial charge in [-0.1, -0.05) is 43.0 Å². The summed E-state index contributed by atoms with van der Waals surface area (Å²) in [4.78, 5) is 11.7. The molecule has 3 heteroatoms. The lowest BCUT2D eigenvalue weighted by Gasteiger charge is -2.01. The van der Waals surface area contributed by atoms with E-state index < -0.39 is 0 Å². The minimum atomic E-state index is -0.331. The molecule has 19 heavy (non-hydrogen) atoms. The van der Waals surface area contributed by atoms with Gasteiger partial charge in [0.25, 0.3) is 0 Å². The molecule has 0 aliphatic rings. The molecule has 0 saturated carbocycles. The van der Waals surface area contributed by atoms with Crippen molar-refractivity contribution in [3.05, 3.63) is 78.6 Å². The number of pyridine rings is 1. The number of carbonyl (C=O) groups excluding carboxylic acids is 1. The summed E-state index contributed by atoms with van der Waals surface area (Å²) in [5.41, 5.74) is 1.73. The van der Waals surface area contributed by atoms with E-state index in [-0.39, 0.29) is 12.6 Å². The quantitative estimate of drug-likeness (QED) is 0.466. The summed E-state index contributed by atoms with van der Waals surface area (Å²) in [5, 5.41) is 0. The van der Waals surface area contributed by atoms with Crippen LogP contribution in [-0.4, -0.2) is 12.6 Å². The molecule has 96 valence electrons. The summed E-state index contributed by atoms with van der Waals surface area (Å²) in [6.45, 7) is 4.47. The molecule has 1 heterocycles. The van der Waals surface area contributed by atoms with Crippen LogP contribution in [0.1, 0.15) is 15.9 Å². The summed E-state index contributed by atoms with van der Waals surface area (Å²) in [5.74, 6) is -0.331. The van der Waals surface area contributed by atoms with Gasteiger partial charge in [-0.2, -0.15) is 4.57 Å². The van der Waals surface area contributed by atoms with E-state index in [1.165, 1.54) is 5.56 Å². The monoisotopic (exact) mass is 254 g/mol. The highest BCUT2D eigenvalue weighted by Crippen LogP contribution is 2.01. The summed E-state index contributed by atoms with van der Waals surface area (Å²) in [6.07, 6.45) is 5.27. The molecule has 2 rings (SSSR count). The molecule has 0 bridgehead atoms. The molecule has 3 nitrogen and oxygen atoms in total. The van der Waals surface area contributed by atoms with Crippen molar-refractivity contribution < 1.29 is 14.1 Å². The average Bonchev–Trinajstić information content (AvgIpc) is 2.46. The fourth-order valence-electron chi connectivity index (χ4n) is 1.75. The maximum absolute atomic E-state index is 11.7. The number of hydrogen-bond donors (Lipinski definition) is 0. The summed E-state index contributed by atoms with van der Waals surface area (Å²) in [6, 6.07) is 13.7. The van der Waals surface area contributed by atoms with Gasteiger partial charge in [-0.3, -0.25) is 0 Å². The Morgan fingerprint density at radius 3 is 2.74 bits per heavy atom. The zero-order valence-electron chi connectivity index (χ0n) is 10.7. The summed E-state index contributed by atoms with van der Waals surface area (Å²) < 4.78 is 6.97. The highest BCUT2D eigenvalue weighted by atomic mass is 16.5. The van der Waals surface area contributed by atoms with Crippen LogP contribution in [0.4, 0.5) is 0 Å². The fourth-order valence-corrected chi connectivity index (χ4v) is 1.75. The number of nitrogens with zero attached hydrogens (tertiary/aromatic N) is 1. The van der Waals surface area contributed by atoms with Crippen molar-refractivity contribution in [2.45, 2.75) is 6.54 Å². The number of esters is 1. The van der Waals surface area contributed by atoms with Crippen molar-refractivity contribution in [1.29, 1.82) is 0 Å². The van der Waals surface area contributed by atoms with E-state index in [1.54, 1.807) is 18.3 Å². The minimum absolute atomic E-state index is 0.229. The third-order valence-corrected chi connectivity index (χ3v) is 2.63. The van der Waals surface area contributed by atoms with E-state index in [0.717, 1.165) is 6.54 Å². The number of benzene rings is 1. The molecule has 0 saturated heterocycles. The molecule has 0 fully saturated rings. The molecule has 0 atom stereocenters. The van der Waals surface area contributed by atoms with Gasteiger partial charge in [-0.25, -0.2) is 4.79 Å². The van der Waals surface area contributed by atoms with Crippen molar-refractivity contribution in [2.24, 2.45) is 0 Å². The predicted molar refractivity (Wildman–Crippen MR) is 72.7 cm³/mol. The van der Waals surface area contributed by atoms with Crippen LogP contribution in [0.25, 0.3) is 0 Å². The Morgan fingerprint density at radius 1 is 1.21 bits per heavy atom. The molecule has 0 unspecified atom stereocenters. The Hall–Kier alpha value is -2.42. The van der Waals surface area contributed by atoms with Crippen LogP contribution in [0.15, 0.2) is 67.5 Å². The second-order valence-corrected chi connectivity index (χ2v) is 4.14. The fraction of sp³-hybridized carbons (Fsp3) is 0.125. The number of ether oxygens (including phenoxy) is 1. The van der Waals surface area contributed by atoms with Crippen LogP contribution < -0.4 is 4.57 Å². The SMILES string of the molecule is C=CCOC(=O)c1ccc[n+](Cc2ccccc2)c1. The van der Waals surface area contributed by atoms with E-state index in [1.807, 2.05) is 35.0 Å². The topological polar surface area (TPSA) is 30.2 Å². The molecular weight excluding hydrogens is 238 g/mol. The molecule has 0 aliphatic heterocycles. The van der Waals surface area contributed by atoms with Gasteiger partial charge in [0.1, 0.15) is 12.2 Å². The standard InChI is InChI=1S/C16H16NO2/c1-2-11-19-16(18)15-9-6-10-17(13-15)12-14-7-4-3-5-8-14/h2-10,13H,1,11-12H2/q+1. The molecule has 0 amide bonds. The van der Waals surface area contributed by atoms with Gasteiger partial charge in [0.2, 0.25) is 0 Å². The first-order valence-electron chi connectivity index (χ1n) is 6.10. The maximum Gasteiger partial charge on any atom is 0.344 e. The average molecular weight is 254 g/mol. The Kier molecular flexibility index (Phi) is 4.45. The first-order chi connectivity index (χ1) is 9.29. The van der Waals surface area contributed by atoms with Crippen LogP contribution in [0.3, 0.4) is 0 Å². The van der Waals surface area contributed by atoms with Crippen molar-refractivity contribution >= 4 is 5.97 Å². The third-order valence-electron chi connectivity index (χ3n) is 2.63. The van der Waals surface area contributed by atoms with Crippen LogP contribution in [0, 0.1) is 0 Å². The molecular formula is C16H16NO2+. The Labute approximate surface area is 112 Å². The molecule has 0 spiro atoms. The summed E-state index contributed by atoms with van der Waals surface area (Å²) >= 11 is 0. The number of carbonyl (C=O) groups is 1. The van der Waals surface area contributed by atoms with Crippen molar-refractivity contribution in [3.8, 4) is 0 Å². The molecule has 1 aromatic carbocycles. The van der Waals surface area contributed by atoms with E-state index in [2.05, 4.69) is 18.7 Å². The molecule has 0 N–H and O–H groups in total. The number of hydrogen-bond acceptors (Lipinski definition) is 2. The van der Waals surface area contributed by atoms with Crippen molar-refractivity contribution in [3.63, 3.8) is 0 Å². The van der Waals surface area contributed by atoms with Crippen LogP contribution in [0.2, 0.25) is 0 Å². The lowest BCUT2D eigenvalue weighted by atomic mass is 10.2. The largest absolute Gasteiger partial charge is 0.458 e. The van der Waals surface area contributed by atoms with Gasteiger partial charge in [0.15, 0.2) is 18.9 Å². The second kappa shape index (κ2) is 6.50. The van der Waals surface area contributed by atoms with E-state index in [0.29, 0.717) is 5.56 Å². The number of aromatic nitrogens is 1. The first-order valence-corrected chi connectivity index (χ1v) is 6.10. The van der Waals surface area contributed by atoms with Gasteiger partial charge in [0.05, 0.1) is 0 Å². The van der Waals surface area contributed by atoms with Gasteiger partial charge in [-0.05, 0) is 6.07 Å². The smallest absolute Gasteiger partial charge is 0.344 e. The van der Waals surface area contributed by atoms with Crippen LogP contribution >= 0.6 is 0 Å².